The van der Waals surface area contributed by atoms with Gasteiger partial charge in [0.15, 0.2) is 13.2 Å². The predicted octanol–water partition coefficient (Wildman–Crippen LogP) is 5.36. The molecule has 0 spiro atoms. The molecule has 1 aromatic carbocycles. The maximum Gasteiger partial charge on any atom is 0.232 e. The number of hydrogen-bond acceptors (Lipinski definition) is 6. The minimum Gasteiger partial charge on any atom is -0.482 e. The molecule has 138 valence electrons. The van der Waals surface area contributed by atoms with E-state index in [0.29, 0.717) is 33.3 Å². The SMILES string of the molecule is Cc1nc(COc2cc(OCc3nc(C)c(C)o3)c(Cl)cc2Cl)oc1C. The topological polar surface area (TPSA) is 70.5 Å². The molecule has 2 aromatic heterocycles. The average Bonchev–Trinajstić information content (AvgIpc) is 3.07. The Morgan fingerprint density at radius 2 is 1.19 bits per heavy atom. The zero-order valence-corrected chi connectivity index (χ0v) is 16.4. The summed E-state index contributed by atoms with van der Waals surface area (Å²) in [4.78, 5) is 8.54. The Morgan fingerprint density at radius 1 is 0.769 bits per heavy atom. The average molecular weight is 397 g/mol. The van der Waals surface area contributed by atoms with Crippen molar-refractivity contribution in [3.63, 3.8) is 0 Å². The van der Waals surface area contributed by atoms with Crippen molar-refractivity contribution in [2.24, 2.45) is 0 Å². The first-order chi connectivity index (χ1) is 12.3. The van der Waals surface area contributed by atoms with Gasteiger partial charge in [-0.25, -0.2) is 9.97 Å². The van der Waals surface area contributed by atoms with E-state index in [1.807, 2.05) is 27.7 Å². The first-order valence-corrected chi connectivity index (χ1v) is 8.69. The van der Waals surface area contributed by atoms with E-state index in [1.54, 1.807) is 12.1 Å². The highest BCUT2D eigenvalue weighted by atomic mass is 35.5. The van der Waals surface area contributed by atoms with Crippen LogP contribution in [0.15, 0.2) is 21.0 Å². The molecule has 0 atom stereocenters. The number of benzene rings is 1. The van der Waals surface area contributed by atoms with Crippen LogP contribution in [0, 0.1) is 27.7 Å². The van der Waals surface area contributed by atoms with Crippen molar-refractivity contribution in [1.29, 1.82) is 0 Å². The van der Waals surface area contributed by atoms with Crippen LogP contribution < -0.4 is 9.47 Å². The predicted molar refractivity (Wildman–Crippen MR) is 97.1 cm³/mol. The van der Waals surface area contributed by atoms with Crippen LogP contribution in [0.25, 0.3) is 0 Å². The van der Waals surface area contributed by atoms with E-state index < -0.39 is 0 Å². The van der Waals surface area contributed by atoms with Gasteiger partial charge >= 0.3 is 0 Å². The Kier molecular flexibility index (Phi) is 5.44. The molecule has 0 aliphatic rings. The van der Waals surface area contributed by atoms with Crippen molar-refractivity contribution in [1.82, 2.24) is 9.97 Å². The highest BCUT2D eigenvalue weighted by Gasteiger charge is 2.14. The Balaban J connectivity index is 1.71. The number of aryl methyl sites for hydroxylation is 4. The largest absolute Gasteiger partial charge is 0.482 e. The van der Waals surface area contributed by atoms with Gasteiger partial charge in [-0.2, -0.15) is 0 Å². The van der Waals surface area contributed by atoms with Crippen molar-refractivity contribution in [3.05, 3.63) is 56.9 Å². The van der Waals surface area contributed by atoms with Crippen LogP contribution >= 0.6 is 23.2 Å². The van der Waals surface area contributed by atoms with Gasteiger partial charge in [0, 0.05) is 6.07 Å². The summed E-state index contributed by atoms with van der Waals surface area (Å²) in [6, 6.07) is 3.18. The van der Waals surface area contributed by atoms with Crippen LogP contribution in [0.2, 0.25) is 10.0 Å². The van der Waals surface area contributed by atoms with Gasteiger partial charge in [0.25, 0.3) is 0 Å². The molecule has 0 bridgehead atoms. The maximum atomic E-state index is 6.20. The number of halogens is 2. The first kappa shape index (κ1) is 18.6. The minimum atomic E-state index is 0.146. The first-order valence-electron chi connectivity index (χ1n) is 7.94. The van der Waals surface area contributed by atoms with Crippen molar-refractivity contribution < 1.29 is 18.3 Å². The molecule has 3 rings (SSSR count). The number of aromatic nitrogens is 2. The van der Waals surface area contributed by atoms with Gasteiger partial charge in [-0.15, -0.1) is 0 Å². The molecule has 8 heteroatoms. The molecule has 0 radical (unpaired) electrons. The summed E-state index contributed by atoms with van der Waals surface area (Å²) in [5.74, 6) is 3.29. The smallest absolute Gasteiger partial charge is 0.232 e. The molecule has 26 heavy (non-hydrogen) atoms. The lowest BCUT2D eigenvalue weighted by atomic mass is 10.3. The summed E-state index contributed by atoms with van der Waals surface area (Å²) in [5, 5.41) is 0.732. The fourth-order valence-electron chi connectivity index (χ4n) is 2.21. The summed E-state index contributed by atoms with van der Waals surface area (Å²) in [6.07, 6.45) is 0. The second-order valence-electron chi connectivity index (χ2n) is 5.79. The molecule has 0 aliphatic heterocycles. The summed E-state index contributed by atoms with van der Waals surface area (Å²) < 4.78 is 22.4. The maximum absolute atomic E-state index is 6.20. The zero-order valence-electron chi connectivity index (χ0n) is 14.9. The lowest BCUT2D eigenvalue weighted by molar-refractivity contribution is 0.248. The van der Waals surface area contributed by atoms with Crippen LogP contribution in [-0.2, 0) is 13.2 Å². The van der Waals surface area contributed by atoms with Crippen LogP contribution in [-0.4, -0.2) is 9.97 Å². The normalized spacial score (nSPS) is 11.0. The zero-order chi connectivity index (χ0) is 18.8. The van der Waals surface area contributed by atoms with Crippen LogP contribution in [0.1, 0.15) is 34.7 Å². The summed E-state index contributed by atoms with van der Waals surface area (Å²) in [6.45, 7) is 7.73. The van der Waals surface area contributed by atoms with E-state index in [9.17, 15) is 0 Å². The molecule has 2 heterocycles. The molecule has 6 nitrogen and oxygen atoms in total. The van der Waals surface area contributed by atoms with Gasteiger partial charge in [0.1, 0.15) is 23.0 Å². The Morgan fingerprint density at radius 3 is 1.54 bits per heavy atom. The third kappa shape index (κ3) is 4.14. The van der Waals surface area contributed by atoms with Crippen molar-refractivity contribution in [2.45, 2.75) is 40.9 Å². The second-order valence-corrected chi connectivity index (χ2v) is 6.60. The second kappa shape index (κ2) is 7.60. The third-order valence-electron chi connectivity index (χ3n) is 3.83. The van der Waals surface area contributed by atoms with Gasteiger partial charge in [0.2, 0.25) is 11.8 Å². The summed E-state index contributed by atoms with van der Waals surface area (Å²) in [5.41, 5.74) is 1.65. The van der Waals surface area contributed by atoms with E-state index in [1.165, 1.54) is 0 Å². The number of hydrogen-bond donors (Lipinski definition) is 0. The molecule has 0 saturated carbocycles. The number of oxazole rings is 2. The van der Waals surface area contributed by atoms with Gasteiger partial charge < -0.3 is 18.3 Å². The molecule has 0 aliphatic carbocycles. The van der Waals surface area contributed by atoms with Gasteiger partial charge in [0.05, 0.1) is 21.4 Å². The van der Waals surface area contributed by atoms with Gasteiger partial charge in [-0.1, -0.05) is 23.2 Å². The monoisotopic (exact) mass is 396 g/mol. The Labute approximate surface area is 161 Å². The number of rotatable bonds is 6. The summed E-state index contributed by atoms with van der Waals surface area (Å²) >= 11 is 12.4. The lowest BCUT2D eigenvalue weighted by Crippen LogP contribution is -1.99. The van der Waals surface area contributed by atoms with E-state index >= 15 is 0 Å². The minimum absolute atomic E-state index is 0.146. The Hall–Kier alpha value is -2.18. The molecule has 0 N–H and O–H groups in total. The van der Waals surface area contributed by atoms with Crippen molar-refractivity contribution in [3.8, 4) is 11.5 Å². The summed E-state index contributed by atoms with van der Waals surface area (Å²) in [7, 11) is 0. The molecule has 0 saturated heterocycles. The van der Waals surface area contributed by atoms with Gasteiger partial charge in [-0.3, -0.25) is 0 Å². The molecule has 0 unspecified atom stereocenters. The van der Waals surface area contributed by atoms with E-state index in [-0.39, 0.29) is 13.2 Å². The molecule has 3 aromatic rings. The number of ether oxygens (including phenoxy) is 2. The van der Waals surface area contributed by atoms with Gasteiger partial charge in [-0.05, 0) is 33.8 Å². The van der Waals surface area contributed by atoms with Crippen LogP contribution in [0.5, 0.6) is 11.5 Å². The molecule has 0 fully saturated rings. The van der Waals surface area contributed by atoms with E-state index in [0.717, 1.165) is 22.9 Å². The third-order valence-corrected chi connectivity index (χ3v) is 4.43. The quantitative estimate of drug-likeness (QED) is 0.558. The number of nitrogens with zero attached hydrogens (tertiary/aromatic N) is 2. The lowest BCUT2D eigenvalue weighted by Gasteiger charge is -2.11. The molecule has 0 amide bonds. The van der Waals surface area contributed by atoms with Crippen molar-refractivity contribution in [2.75, 3.05) is 0 Å². The molecular formula is C18H18Cl2N2O4. The highest BCUT2D eigenvalue weighted by Crippen LogP contribution is 2.36. The van der Waals surface area contributed by atoms with Crippen molar-refractivity contribution >= 4 is 23.2 Å². The molecular weight excluding hydrogens is 379 g/mol. The Bertz CT molecular complexity index is 823. The highest BCUT2D eigenvalue weighted by molar-refractivity contribution is 6.36. The van der Waals surface area contributed by atoms with E-state index in [4.69, 9.17) is 41.5 Å². The standard InChI is InChI=1S/C18H18Cl2N2O4/c1-9-11(3)25-17(21-9)7-23-15-6-16(14(20)5-13(15)19)24-8-18-22-10(2)12(4)26-18/h5-6H,7-8H2,1-4H3. The fraction of sp³-hybridized carbons (Fsp3) is 0.333. The van der Waals surface area contributed by atoms with Crippen LogP contribution in [0.3, 0.4) is 0 Å². The van der Waals surface area contributed by atoms with E-state index in [2.05, 4.69) is 9.97 Å². The van der Waals surface area contributed by atoms with Crippen LogP contribution in [0.4, 0.5) is 0 Å². The fourth-order valence-corrected chi connectivity index (χ4v) is 2.70.